The van der Waals surface area contributed by atoms with Crippen LogP contribution in [0.2, 0.25) is 5.02 Å². The molecule has 2 heterocycles. The number of ether oxygens (including phenoxy) is 2. The first kappa shape index (κ1) is 22.1. The Bertz CT molecular complexity index is 1300. The van der Waals surface area contributed by atoms with Gasteiger partial charge in [0, 0.05) is 11.5 Å². The van der Waals surface area contributed by atoms with Gasteiger partial charge in [-0.2, -0.15) is 0 Å². The summed E-state index contributed by atoms with van der Waals surface area (Å²) in [4.78, 5) is 32.3. The monoisotopic (exact) mass is 485 g/mol. The molecule has 3 aromatic rings. The van der Waals surface area contributed by atoms with Crippen LogP contribution in [0.15, 0.2) is 36.7 Å². The second-order valence-electron chi connectivity index (χ2n) is 8.28. The number of carbonyl (C=O) groups is 2. The Morgan fingerprint density at radius 2 is 1.97 bits per heavy atom. The highest BCUT2D eigenvalue weighted by atomic mass is 35.5. The lowest BCUT2D eigenvalue weighted by Gasteiger charge is -2.34. The van der Waals surface area contributed by atoms with Crippen LogP contribution in [0.3, 0.4) is 0 Å². The summed E-state index contributed by atoms with van der Waals surface area (Å²) < 4.78 is 26.2. The molecule has 2 aromatic carbocycles. The molecule has 3 N–H and O–H groups in total. The van der Waals surface area contributed by atoms with Crippen molar-refractivity contribution in [1.82, 2.24) is 20.6 Å². The number of imide groups is 1. The second-order valence-corrected chi connectivity index (χ2v) is 8.68. The van der Waals surface area contributed by atoms with Crippen LogP contribution in [0.5, 0.6) is 11.5 Å². The minimum Gasteiger partial charge on any atom is -0.493 e. The summed E-state index contributed by atoms with van der Waals surface area (Å²) in [5.74, 6) is 0.464. The van der Waals surface area contributed by atoms with Crippen LogP contribution in [0, 0.1) is 5.82 Å². The fraction of sp³-hybridized carbons (Fsp3) is 0.304. The summed E-state index contributed by atoms with van der Waals surface area (Å²) in [6.45, 7) is 0. The molecule has 0 bridgehead atoms. The van der Waals surface area contributed by atoms with Crippen molar-refractivity contribution in [1.29, 1.82) is 0 Å². The highest BCUT2D eigenvalue weighted by Crippen LogP contribution is 2.39. The molecule has 1 spiro atoms. The predicted molar refractivity (Wildman–Crippen MR) is 123 cm³/mol. The van der Waals surface area contributed by atoms with Crippen molar-refractivity contribution in [2.75, 3.05) is 12.4 Å². The SMILES string of the molecule is COc1cc2ncnc(Nc3cccc(Cl)c3F)c2cc1O[C@H]1CC[C@@]2(CC1)NC(=O)NC2=O. The number of halogens is 2. The van der Waals surface area contributed by atoms with Gasteiger partial charge < -0.3 is 20.1 Å². The van der Waals surface area contributed by atoms with Crippen molar-refractivity contribution in [2.45, 2.75) is 37.3 Å². The van der Waals surface area contributed by atoms with Crippen molar-refractivity contribution in [2.24, 2.45) is 0 Å². The van der Waals surface area contributed by atoms with Gasteiger partial charge in [-0.05, 0) is 43.9 Å². The summed E-state index contributed by atoms with van der Waals surface area (Å²) in [7, 11) is 1.53. The number of amides is 3. The predicted octanol–water partition coefficient (Wildman–Crippen LogP) is 4.07. The zero-order valence-electron chi connectivity index (χ0n) is 18.2. The van der Waals surface area contributed by atoms with Gasteiger partial charge in [-0.3, -0.25) is 10.1 Å². The van der Waals surface area contributed by atoms with E-state index in [1.54, 1.807) is 24.3 Å². The van der Waals surface area contributed by atoms with Gasteiger partial charge in [0.25, 0.3) is 5.91 Å². The molecule has 0 atom stereocenters. The van der Waals surface area contributed by atoms with Crippen LogP contribution < -0.4 is 25.4 Å². The maximum absolute atomic E-state index is 14.4. The van der Waals surface area contributed by atoms with Crippen molar-refractivity contribution in [3.8, 4) is 11.5 Å². The number of carbonyl (C=O) groups excluding carboxylic acids is 2. The smallest absolute Gasteiger partial charge is 0.322 e. The number of aromatic nitrogens is 2. The van der Waals surface area contributed by atoms with Crippen molar-refractivity contribution < 1.29 is 23.5 Å². The minimum absolute atomic E-state index is 0.00347. The standard InChI is InChI=1S/C23H21ClFN5O4/c1-33-17-10-16-13(20(27-11-26-16)28-15-4-2-3-14(24)19(15)25)9-18(17)34-12-5-7-23(8-6-12)21(31)29-22(32)30-23/h2-4,9-12H,5-8H2,1H3,(H,26,27,28)(H2,29,30,31,32)/t12-,23-. The number of rotatable bonds is 5. The Kier molecular flexibility index (Phi) is 5.60. The summed E-state index contributed by atoms with van der Waals surface area (Å²) in [5, 5.41) is 8.63. The first-order chi connectivity index (χ1) is 16.4. The van der Waals surface area contributed by atoms with Crippen LogP contribution in [0.4, 0.5) is 20.7 Å². The second kappa shape index (κ2) is 8.60. The maximum Gasteiger partial charge on any atom is 0.322 e. The highest BCUT2D eigenvalue weighted by molar-refractivity contribution is 6.31. The number of nitrogens with zero attached hydrogens (tertiary/aromatic N) is 2. The lowest BCUT2D eigenvalue weighted by atomic mass is 9.80. The molecule has 3 amide bonds. The maximum atomic E-state index is 14.4. The summed E-state index contributed by atoms with van der Waals surface area (Å²) in [6.07, 6.45) is 3.25. The fourth-order valence-electron chi connectivity index (χ4n) is 4.40. The van der Waals surface area contributed by atoms with E-state index in [2.05, 4.69) is 25.9 Å². The number of hydrogen-bond acceptors (Lipinski definition) is 7. The molecular weight excluding hydrogens is 465 g/mol. The van der Waals surface area contributed by atoms with Crippen molar-refractivity contribution in [3.05, 3.63) is 47.5 Å². The van der Waals surface area contributed by atoms with Crippen LogP contribution in [0.25, 0.3) is 10.9 Å². The minimum atomic E-state index is -0.865. The summed E-state index contributed by atoms with van der Waals surface area (Å²) in [5.41, 5.74) is -0.103. The average Bonchev–Trinajstić information content (AvgIpc) is 3.10. The van der Waals surface area contributed by atoms with E-state index in [0.29, 0.717) is 53.9 Å². The highest BCUT2D eigenvalue weighted by Gasteiger charge is 2.48. The average molecular weight is 486 g/mol. The molecule has 34 heavy (non-hydrogen) atoms. The van der Waals surface area contributed by atoms with Gasteiger partial charge in [-0.1, -0.05) is 17.7 Å². The van der Waals surface area contributed by atoms with Crippen LogP contribution in [-0.2, 0) is 4.79 Å². The third kappa shape index (κ3) is 3.94. The molecule has 1 aliphatic heterocycles. The summed E-state index contributed by atoms with van der Waals surface area (Å²) >= 11 is 5.90. The Hall–Kier alpha value is -3.66. The fourth-order valence-corrected chi connectivity index (χ4v) is 4.58. The third-order valence-corrected chi connectivity index (χ3v) is 6.51. The van der Waals surface area contributed by atoms with E-state index in [-0.39, 0.29) is 22.7 Å². The van der Waals surface area contributed by atoms with Crippen LogP contribution in [-0.4, -0.2) is 40.7 Å². The van der Waals surface area contributed by atoms with Gasteiger partial charge in [-0.25, -0.2) is 19.2 Å². The molecule has 1 aromatic heterocycles. The molecule has 176 valence electrons. The van der Waals surface area contributed by atoms with Gasteiger partial charge in [0.15, 0.2) is 17.3 Å². The topological polar surface area (TPSA) is 114 Å². The Labute approximate surface area is 199 Å². The first-order valence-electron chi connectivity index (χ1n) is 10.7. The molecular formula is C23H21ClFN5O4. The largest absolute Gasteiger partial charge is 0.493 e. The third-order valence-electron chi connectivity index (χ3n) is 6.22. The van der Waals surface area contributed by atoms with E-state index in [0.717, 1.165) is 0 Å². The molecule has 1 saturated heterocycles. The zero-order chi connectivity index (χ0) is 23.9. The number of nitrogens with one attached hydrogen (secondary N) is 3. The number of hydrogen-bond donors (Lipinski definition) is 3. The number of fused-ring (bicyclic) bond motifs is 1. The molecule has 11 heteroatoms. The molecule has 1 aliphatic carbocycles. The molecule has 0 unspecified atom stereocenters. The Morgan fingerprint density at radius 1 is 1.18 bits per heavy atom. The summed E-state index contributed by atoms with van der Waals surface area (Å²) in [6, 6.07) is 7.67. The Morgan fingerprint density at radius 3 is 2.68 bits per heavy atom. The van der Waals surface area contributed by atoms with E-state index in [1.165, 1.54) is 19.5 Å². The van der Waals surface area contributed by atoms with Gasteiger partial charge in [0.1, 0.15) is 17.7 Å². The molecule has 5 rings (SSSR count). The molecule has 2 fully saturated rings. The number of anilines is 2. The van der Waals surface area contributed by atoms with E-state index in [1.807, 2.05) is 0 Å². The number of urea groups is 1. The van der Waals surface area contributed by atoms with E-state index >= 15 is 0 Å². The van der Waals surface area contributed by atoms with E-state index in [4.69, 9.17) is 21.1 Å². The molecule has 2 aliphatic rings. The van der Waals surface area contributed by atoms with Crippen molar-refractivity contribution in [3.63, 3.8) is 0 Å². The number of benzene rings is 2. The van der Waals surface area contributed by atoms with Crippen molar-refractivity contribution >= 4 is 45.9 Å². The van der Waals surface area contributed by atoms with E-state index in [9.17, 15) is 14.0 Å². The quantitative estimate of drug-likeness (QED) is 0.466. The zero-order valence-corrected chi connectivity index (χ0v) is 18.9. The Balaban J connectivity index is 1.41. The van der Waals surface area contributed by atoms with Crippen LogP contribution >= 0.6 is 11.6 Å². The van der Waals surface area contributed by atoms with Gasteiger partial charge in [0.05, 0.1) is 29.4 Å². The normalized spacial score (nSPS) is 21.9. The lowest BCUT2D eigenvalue weighted by molar-refractivity contribution is -0.125. The van der Waals surface area contributed by atoms with Gasteiger partial charge in [0.2, 0.25) is 0 Å². The lowest BCUT2D eigenvalue weighted by Crippen LogP contribution is -2.50. The molecule has 1 saturated carbocycles. The van der Waals surface area contributed by atoms with E-state index < -0.39 is 17.4 Å². The van der Waals surface area contributed by atoms with Gasteiger partial charge in [-0.15, -0.1) is 0 Å². The number of methoxy groups -OCH3 is 1. The first-order valence-corrected chi connectivity index (χ1v) is 11.1. The van der Waals surface area contributed by atoms with Gasteiger partial charge >= 0.3 is 6.03 Å². The molecule has 9 nitrogen and oxygen atoms in total. The molecule has 0 radical (unpaired) electrons. The van der Waals surface area contributed by atoms with Crippen LogP contribution in [0.1, 0.15) is 25.7 Å².